The van der Waals surface area contributed by atoms with Gasteiger partial charge in [-0.2, -0.15) is 0 Å². The molecule has 1 aliphatic rings. The van der Waals surface area contributed by atoms with Crippen molar-refractivity contribution in [2.45, 2.75) is 13.1 Å². The largest absolute Gasteiger partial charge is 0.299 e. The van der Waals surface area contributed by atoms with Crippen LogP contribution < -0.4 is 10.6 Å². The Morgan fingerprint density at radius 2 is 1.87 bits per heavy atom. The number of hydrogen-bond acceptors (Lipinski definition) is 5. The molecule has 0 saturated carbocycles. The molecule has 2 aromatic heterocycles. The zero-order valence-electron chi connectivity index (χ0n) is 12.1. The Morgan fingerprint density at radius 3 is 2.70 bits per heavy atom. The summed E-state index contributed by atoms with van der Waals surface area (Å²) in [6.07, 6.45) is 4.46. The molecular weight excluding hydrogens is 297 g/mol. The monoisotopic (exact) mass is 309 g/mol. The van der Waals surface area contributed by atoms with E-state index in [9.17, 15) is 9.18 Å². The second-order valence-corrected chi connectivity index (χ2v) is 5.25. The summed E-state index contributed by atoms with van der Waals surface area (Å²) in [4.78, 5) is 24.7. The molecule has 0 bridgehead atoms. The zero-order chi connectivity index (χ0) is 15.8. The second kappa shape index (κ2) is 5.28. The molecule has 0 fully saturated rings. The van der Waals surface area contributed by atoms with E-state index in [0.717, 1.165) is 11.1 Å². The maximum Gasteiger partial charge on any atom is 0.272 e. The van der Waals surface area contributed by atoms with Gasteiger partial charge in [-0.05, 0) is 29.3 Å². The standard InChI is InChI=1S/C16H12FN5O/c17-13-2-1-11-8-21(9-12(11)7-13)22-15(23)4-6-19-16(22)14-3-5-18-10-20-14/h1-7,10H,8-9H2. The Balaban J connectivity index is 1.81. The fourth-order valence-electron chi connectivity index (χ4n) is 2.76. The molecular formula is C16H12FN5O. The molecule has 0 aliphatic carbocycles. The zero-order valence-corrected chi connectivity index (χ0v) is 12.1. The van der Waals surface area contributed by atoms with Gasteiger partial charge in [0.2, 0.25) is 0 Å². The van der Waals surface area contributed by atoms with E-state index in [4.69, 9.17) is 0 Å². The van der Waals surface area contributed by atoms with Crippen LogP contribution in [0.1, 0.15) is 11.1 Å². The first kappa shape index (κ1) is 13.6. The van der Waals surface area contributed by atoms with Crippen molar-refractivity contribution in [3.63, 3.8) is 0 Å². The van der Waals surface area contributed by atoms with Crippen molar-refractivity contribution in [2.75, 3.05) is 5.01 Å². The van der Waals surface area contributed by atoms with Crippen molar-refractivity contribution < 1.29 is 4.39 Å². The molecule has 3 aromatic rings. The fourth-order valence-corrected chi connectivity index (χ4v) is 2.76. The fraction of sp³-hybridized carbons (Fsp3) is 0.125. The molecule has 114 valence electrons. The van der Waals surface area contributed by atoms with Crippen molar-refractivity contribution in [1.82, 2.24) is 19.6 Å². The van der Waals surface area contributed by atoms with Crippen LogP contribution in [0, 0.1) is 5.82 Å². The van der Waals surface area contributed by atoms with E-state index in [1.165, 1.54) is 35.4 Å². The first-order valence-electron chi connectivity index (χ1n) is 7.09. The third-order valence-corrected chi connectivity index (χ3v) is 3.79. The molecule has 0 spiro atoms. The van der Waals surface area contributed by atoms with Crippen molar-refractivity contribution in [3.05, 3.63) is 76.4 Å². The van der Waals surface area contributed by atoms with Crippen molar-refractivity contribution in [3.8, 4) is 11.5 Å². The normalized spacial score (nSPS) is 13.2. The van der Waals surface area contributed by atoms with Gasteiger partial charge in [-0.3, -0.25) is 9.80 Å². The summed E-state index contributed by atoms with van der Waals surface area (Å²) in [5.74, 6) is 0.160. The van der Waals surface area contributed by atoms with Crippen molar-refractivity contribution >= 4 is 0 Å². The number of nitrogens with zero attached hydrogens (tertiary/aromatic N) is 5. The van der Waals surface area contributed by atoms with Crippen LogP contribution in [0.25, 0.3) is 11.5 Å². The minimum Gasteiger partial charge on any atom is -0.299 e. The van der Waals surface area contributed by atoms with Crippen LogP contribution in [0.15, 0.2) is 53.8 Å². The highest BCUT2D eigenvalue weighted by molar-refractivity contribution is 5.49. The lowest BCUT2D eigenvalue weighted by Crippen LogP contribution is -2.39. The van der Waals surface area contributed by atoms with Gasteiger partial charge in [0.25, 0.3) is 5.56 Å². The molecule has 23 heavy (non-hydrogen) atoms. The number of hydrogen-bond donors (Lipinski definition) is 0. The van der Waals surface area contributed by atoms with Gasteiger partial charge in [0, 0.05) is 18.5 Å². The van der Waals surface area contributed by atoms with E-state index in [2.05, 4.69) is 15.0 Å². The Bertz CT molecular complexity index is 925. The molecule has 7 heteroatoms. The molecule has 0 saturated heterocycles. The van der Waals surface area contributed by atoms with Crippen LogP contribution in [0.2, 0.25) is 0 Å². The van der Waals surface area contributed by atoms with E-state index < -0.39 is 0 Å². The maximum atomic E-state index is 13.4. The summed E-state index contributed by atoms with van der Waals surface area (Å²) in [5, 5.41) is 1.83. The van der Waals surface area contributed by atoms with Gasteiger partial charge in [0.1, 0.15) is 17.8 Å². The molecule has 0 unspecified atom stereocenters. The maximum absolute atomic E-state index is 13.4. The van der Waals surface area contributed by atoms with Crippen LogP contribution in [0.3, 0.4) is 0 Å². The first-order chi connectivity index (χ1) is 11.2. The summed E-state index contributed by atoms with van der Waals surface area (Å²) in [7, 11) is 0. The van der Waals surface area contributed by atoms with Gasteiger partial charge in [-0.1, -0.05) is 6.07 Å². The minimum absolute atomic E-state index is 0.207. The second-order valence-electron chi connectivity index (χ2n) is 5.25. The van der Waals surface area contributed by atoms with Crippen molar-refractivity contribution in [2.24, 2.45) is 0 Å². The summed E-state index contributed by atoms with van der Waals surface area (Å²) < 4.78 is 14.9. The highest BCUT2D eigenvalue weighted by Gasteiger charge is 2.23. The quantitative estimate of drug-likeness (QED) is 0.717. The minimum atomic E-state index is -0.278. The van der Waals surface area contributed by atoms with E-state index in [1.807, 2.05) is 5.01 Å². The number of aromatic nitrogens is 4. The van der Waals surface area contributed by atoms with E-state index in [1.54, 1.807) is 18.3 Å². The molecule has 3 heterocycles. The average Bonchev–Trinajstić information content (AvgIpc) is 2.98. The average molecular weight is 309 g/mol. The first-order valence-corrected chi connectivity index (χ1v) is 7.09. The number of benzene rings is 1. The molecule has 6 nitrogen and oxygen atoms in total. The van der Waals surface area contributed by atoms with E-state index in [0.29, 0.717) is 24.6 Å². The molecule has 1 aromatic carbocycles. The Labute approximate surface area is 130 Å². The van der Waals surface area contributed by atoms with Crippen molar-refractivity contribution in [1.29, 1.82) is 0 Å². The third-order valence-electron chi connectivity index (χ3n) is 3.79. The highest BCUT2D eigenvalue weighted by Crippen LogP contribution is 2.23. The SMILES string of the molecule is O=c1ccnc(-c2ccncn2)n1N1Cc2ccc(F)cc2C1. The van der Waals surface area contributed by atoms with Gasteiger partial charge >= 0.3 is 0 Å². The summed E-state index contributed by atoms with van der Waals surface area (Å²) >= 11 is 0. The molecule has 0 N–H and O–H groups in total. The van der Waals surface area contributed by atoms with Crippen LogP contribution >= 0.6 is 0 Å². The topological polar surface area (TPSA) is 63.9 Å². The van der Waals surface area contributed by atoms with Gasteiger partial charge < -0.3 is 0 Å². The van der Waals surface area contributed by atoms with Gasteiger partial charge in [-0.15, -0.1) is 0 Å². The van der Waals surface area contributed by atoms with Crippen LogP contribution in [0.5, 0.6) is 0 Å². The summed E-state index contributed by atoms with van der Waals surface area (Å²) in [5.41, 5.74) is 2.21. The van der Waals surface area contributed by atoms with Gasteiger partial charge in [0.05, 0.1) is 13.1 Å². The smallest absolute Gasteiger partial charge is 0.272 e. The summed E-state index contributed by atoms with van der Waals surface area (Å²) in [6.45, 7) is 0.954. The molecule has 0 amide bonds. The molecule has 1 aliphatic heterocycles. The predicted molar refractivity (Wildman–Crippen MR) is 81.5 cm³/mol. The lowest BCUT2D eigenvalue weighted by Gasteiger charge is -2.22. The van der Waals surface area contributed by atoms with Crippen LogP contribution in [-0.4, -0.2) is 19.6 Å². The third kappa shape index (κ3) is 2.36. The molecule has 4 rings (SSSR count). The van der Waals surface area contributed by atoms with E-state index in [-0.39, 0.29) is 11.4 Å². The van der Waals surface area contributed by atoms with Gasteiger partial charge in [-0.25, -0.2) is 24.0 Å². The Kier molecular flexibility index (Phi) is 3.11. The summed E-state index contributed by atoms with van der Waals surface area (Å²) in [6, 6.07) is 7.77. The van der Waals surface area contributed by atoms with Crippen LogP contribution in [-0.2, 0) is 13.1 Å². The highest BCUT2D eigenvalue weighted by atomic mass is 19.1. The number of halogens is 1. The Hall–Kier alpha value is -3.09. The van der Waals surface area contributed by atoms with Crippen LogP contribution in [0.4, 0.5) is 4.39 Å². The lowest BCUT2D eigenvalue weighted by atomic mass is 10.1. The lowest BCUT2D eigenvalue weighted by molar-refractivity contribution is 0.587. The number of fused-ring (bicyclic) bond motifs is 1. The van der Waals surface area contributed by atoms with E-state index >= 15 is 0 Å². The predicted octanol–water partition coefficient (Wildman–Crippen LogP) is 1.49. The Morgan fingerprint density at radius 1 is 1.00 bits per heavy atom. The number of rotatable bonds is 2. The van der Waals surface area contributed by atoms with Gasteiger partial charge in [0.15, 0.2) is 5.82 Å². The molecule has 0 atom stereocenters. The molecule has 0 radical (unpaired) electrons.